The van der Waals surface area contributed by atoms with Crippen LogP contribution in [0.5, 0.6) is 5.75 Å². The number of rotatable bonds is 8. The zero-order valence-electron chi connectivity index (χ0n) is 18.9. The molecule has 5 heteroatoms. The summed E-state index contributed by atoms with van der Waals surface area (Å²) in [5.41, 5.74) is 4.10. The Bertz CT molecular complexity index is 1040. The maximum absolute atomic E-state index is 13.4. The third-order valence-electron chi connectivity index (χ3n) is 6.35. The molecule has 1 aromatic heterocycles. The lowest BCUT2D eigenvalue weighted by atomic mass is 10.1. The van der Waals surface area contributed by atoms with E-state index in [-0.39, 0.29) is 11.9 Å². The molecule has 1 unspecified atom stereocenters. The molecule has 0 radical (unpaired) electrons. The van der Waals surface area contributed by atoms with E-state index in [2.05, 4.69) is 52.0 Å². The summed E-state index contributed by atoms with van der Waals surface area (Å²) in [7, 11) is 0. The van der Waals surface area contributed by atoms with Crippen LogP contribution in [0.3, 0.4) is 0 Å². The maximum Gasteiger partial charge on any atom is 0.268 e. The Labute approximate surface area is 185 Å². The van der Waals surface area contributed by atoms with Gasteiger partial charge in [0.15, 0.2) is 0 Å². The molecular weight excluding hydrogens is 386 g/mol. The minimum absolute atomic E-state index is 0.00589. The Balaban J connectivity index is 1.60. The number of likely N-dealkylation sites (tertiary alicyclic amines) is 1. The molecule has 0 bridgehead atoms. The minimum Gasteiger partial charge on any atom is -0.494 e. The standard InChI is InChI=1S/C26H33N3O2/c1-4-29-23-14-13-21(31-5-2)17-22(23)19(3)25(29)26(30)27-18-24(28-15-9-10-16-28)20-11-7-6-8-12-20/h6-8,11-14,17,24H,4-5,9-10,15-16,18H2,1-3H3,(H,27,30). The van der Waals surface area contributed by atoms with E-state index in [0.717, 1.165) is 47.5 Å². The van der Waals surface area contributed by atoms with Gasteiger partial charge in [0, 0.05) is 24.0 Å². The molecule has 1 amide bonds. The second kappa shape index (κ2) is 9.56. The summed E-state index contributed by atoms with van der Waals surface area (Å²) >= 11 is 0. The first-order valence-corrected chi connectivity index (χ1v) is 11.5. The highest BCUT2D eigenvalue weighted by Gasteiger charge is 2.25. The van der Waals surface area contributed by atoms with Gasteiger partial charge in [-0.25, -0.2) is 0 Å². The smallest absolute Gasteiger partial charge is 0.268 e. The van der Waals surface area contributed by atoms with Crippen LogP contribution in [-0.2, 0) is 6.54 Å². The molecule has 1 aliphatic heterocycles. The number of aromatic nitrogens is 1. The second-order valence-corrected chi connectivity index (χ2v) is 8.21. The molecule has 3 aromatic rings. The van der Waals surface area contributed by atoms with Gasteiger partial charge >= 0.3 is 0 Å². The van der Waals surface area contributed by atoms with Gasteiger partial charge in [-0.3, -0.25) is 9.69 Å². The zero-order chi connectivity index (χ0) is 21.8. The van der Waals surface area contributed by atoms with Crippen LogP contribution in [0.4, 0.5) is 0 Å². The molecule has 31 heavy (non-hydrogen) atoms. The molecule has 0 saturated carbocycles. The number of carbonyl (C=O) groups is 1. The van der Waals surface area contributed by atoms with Crippen LogP contribution in [0.2, 0.25) is 0 Å². The van der Waals surface area contributed by atoms with Crippen molar-refractivity contribution in [1.29, 1.82) is 0 Å². The van der Waals surface area contributed by atoms with Crippen molar-refractivity contribution in [2.45, 2.75) is 46.2 Å². The number of amides is 1. The van der Waals surface area contributed by atoms with Crippen molar-refractivity contribution in [3.8, 4) is 5.75 Å². The van der Waals surface area contributed by atoms with Gasteiger partial charge < -0.3 is 14.6 Å². The SMILES string of the molecule is CCOc1ccc2c(c1)c(C)c(C(=O)NCC(c1ccccc1)N1CCCC1)n2CC. The van der Waals surface area contributed by atoms with Crippen molar-refractivity contribution in [3.63, 3.8) is 0 Å². The normalized spacial score (nSPS) is 15.3. The molecule has 1 atom stereocenters. The van der Waals surface area contributed by atoms with Gasteiger partial charge in [-0.05, 0) is 76.0 Å². The monoisotopic (exact) mass is 419 g/mol. The van der Waals surface area contributed by atoms with E-state index in [1.165, 1.54) is 18.4 Å². The van der Waals surface area contributed by atoms with Gasteiger partial charge in [-0.1, -0.05) is 30.3 Å². The van der Waals surface area contributed by atoms with E-state index in [4.69, 9.17) is 4.74 Å². The Hall–Kier alpha value is -2.79. The molecule has 1 aliphatic rings. The highest BCUT2D eigenvalue weighted by atomic mass is 16.5. The Morgan fingerprint density at radius 3 is 2.52 bits per heavy atom. The molecule has 5 nitrogen and oxygen atoms in total. The van der Waals surface area contributed by atoms with Crippen LogP contribution >= 0.6 is 0 Å². The number of aryl methyl sites for hydroxylation is 2. The van der Waals surface area contributed by atoms with Gasteiger partial charge in [0.05, 0.1) is 12.6 Å². The number of ether oxygens (including phenoxy) is 1. The largest absolute Gasteiger partial charge is 0.494 e. The van der Waals surface area contributed by atoms with E-state index >= 15 is 0 Å². The van der Waals surface area contributed by atoms with E-state index in [1.54, 1.807) is 0 Å². The summed E-state index contributed by atoms with van der Waals surface area (Å²) < 4.78 is 7.80. The van der Waals surface area contributed by atoms with Crippen LogP contribution < -0.4 is 10.1 Å². The van der Waals surface area contributed by atoms with Gasteiger partial charge in [0.25, 0.3) is 5.91 Å². The topological polar surface area (TPSA) is 46.5 Å². The van der Waals surface area contributed by atoms with Crippen molar-refractivity contribution < 1.29 is 9.53 Å². The summed E-state index contributed by atoms with van der Waals surface area (Å²) in [4.78, 5) is 15.9. The summed E-state index contributed by atoms with van der Waals surface area (Å²) in [6, 6.07) is 16.8. The third-order valence-corrected chi connectivity index (χ3v) is 6.35. The summed E-state index contributed by atoms with van der Waals surface area (Å²) in [5, 5.41) is 4.34. The Morgan fingerprint density at radius 2 is 1.84 bits per heavy atom. The lowest BCUT2D eigenvalue weighted by Gasteiger charge is -2.28. The van der Waals surface area contributed by atoms with Crippen LogP contribution in [0, 0.1) is 6.92 Å². The van der Waals surface area contributed by atoms with Gasteiger partial charge in [0.2, 0.25) is 0 Å². The molecule has 1 N–H and O–H groups in total. The number of hydrogen-bond acceptors (Lipinski definition) is 3. The fourth-order valence-corrected chi connectivity index (χ4v) is 4.84. The predicted octanol–water partition coefficient (Wildman–Crippen LogP) is 4.94. The summed E-state index contributed by atoms with van der Waals surface area (Å²) in [5.74, 6) is 0.838. The number of fused-ring (bicyclic) bond motifs is 1. The van der Waals surface area contributed by atoms with Crippen LogP contribution in [-0.4, -0.2) is 41.6 Å². The van der Waals surface area contributed by atoms with E-state index < -0.39 is 0 Å². The first-order valence-electron chi connectivity index (χ1n) is 11.5. The average Bonchev–Trinajstić information content (AvgIpc) is 3.41. The molecule has 2 heterocycles. The van der Waals surface area contributed by atoms with Gasteiger partial charge in [0.1, 0.15) is 11.4 Å². The molecular formula is C26H33N3O2. The first kappa shape index (κ1) is 21.4. The Kier molecular flexibility index (Phi) is 6.62. The highest BCUT2D eigenvalue weighted by Crippen LogP contribution is 2.30. The van der Waals surface area contributed by atoms with E-state index in [0.29, 0.717) is 13.2 Å². The number of nitrogens with zero attached hydrogens (tertiary/aromatic N) is 2. The van der Waals surface area contributed by atoms with Crippen LogP contribution in [0.1, 0.15) is 54.3 Å². The van der Waals surface area contributed by atoms with E-state index in [9.17, 15) is 4.79 Å². The van der Waals surface area contributed by atoms with Gasteiger partial charge in [-0.2, -0.15) is 0 Å². The van der Waals surface area contributed by atoms with Gasteiger partial charge in [-0.15, -0.1) is 0 Å². The van der Waals surface area contributed by atoms with E-state index in [1.807, 2.05) is 32.0 Å². The molecule has 0 aliphatic carbocycles. The molecule has 1 fully saturated rings. The quantitative estimate of drug-likeness (QED) is 0.563. The maximum atomic E-state index is 13.4. The zero-order valence-corrected chi connectivity index (χ0v) is 18.9. The molecule has 164 valence electrons. The highest BCUT2D eigenvalue weighted by molar-refractivity contribution is 6.02. The van der Waals surface area contributed by atoms with Crippen molar-refractivity contribution in [2.24, 2.45) is 0 Å². The molecule has 2 aromatic carbocycles. The summed E-state index contributed by atoms with van der Waals surface area (Å²) in [6.45, 7) is 10.3. The van der Waals surface area contributed by atoms with Crippen molar-refractivity contribution in [2.75, 3.05) is 26.2 Å². The number of nitrogens with one attached hydrogen (secondary N) is 1. The lowest BCUT2D eigenvalue weighted by Crippen LogP contribution is -2.37. The predicted molar refractivity (Wildman–Crippen MR) is 126 cm³/mol. The number of benzene rings is 2. The van der Waals surface area contributed by atoms with Crippen molar-refractivity contribution in [1.82, 2.24) is 14.8 Å². The van der Waals surface area contributed by atoms with Crippen molar-refractivity contribution in [3.05, 3.63) is 65.4 Å². The van der Waals surface area contributed by atoms with Crippen molar-refractivity contribution >= 4 is 16.8 Å². The fourth-order valence-electron chi connectivity index (χ4n) is 4.84. The average molecular weight is 420 g/mol. The molecule has 1 saturated heterocycles. The van der Waals surface area contributed by atoms with Crippen LogP contribution in [0.25, 0.3) is 10.9 Å². The fraction of sp³-hybridized carbons (Fsp3) is 0.423. The first-order chi connectivity index (χ1) is 15.1. The second-order valence-electron chi connectivity index (χ2n) is 8.21. The summed E-state index contributed by atoms with van der Waals surface area (Å²) in [6.07, 6.45) is 2.45. The third kappa shape index (κ3) is 4.33. The van der Waals surface area contributed by atoms with Crippen LogP contribution in [0.15, 0.2) is 48.5 Å². The number of hydrogen-bond donors (Lipinski definition) is 1. The number of carbonyl (C=O) groups excluding carboxylic acids is 1. The lowest BCUT2D eigenvalue weighted by molar-refractivity contribution is 0.0928. The molecule has 4 rings (SSSR count). The molecule has 0 spiro atoms. The minimum atomic E-state index is -0.00589. The Morgan fingerprint density at radius 1 is 1.10 bits per heavy atom.